The van der Waals surface area contributed by atoms with E-state index in [4.69, 9.17) is 10.5 Å². The van der Waals surface area contributed by atoms with Crippen LogP contribution in [0.1, 0.15) is 66.3 Å². The van der Waals surface area contributed by atoms with E-state index >= 15 is 0 Å². The van der Waals surface area contributed by atoms with Gasteiger partial charge >= 0.3 is 0 Å². The molecule has 0 aliphatic heterocycles. The fourth-order valence-corrected chi connectivity index (χ4v) is 4.58. The maximum Gasteiger partial charge on any atom is 0.119 e. The quantitative estimate of drug-likeness (QED) is 0.662. The van der Waals surface area contributed by atoms with E-state index in [0.29, 0.717) is 5.92 Å². The van der Waals surface area contributed by atoms with Crippen molar-refractivity contribution in [2.75, 3.05) is 13.7 Å². The van der Waals surface area contributed by atoms with Gasteiger partial charge in [-0.25, -0.2) is 0 Å². The molecule has 2 aromatic rings. The van der Waals surface area contributed by atoms with E-state index in [9.17, 15) is 0 Å². The second kappa shape index (κ2) is 9.41. The highest BCUT2D eigenvalue weighted by molar-refractivity contribution is 5.36. The van der Waals surface area contributed by atoms with Crippen LogP contribution in [0.2, 0.25) is 0 Å². The molecule has 0 bridgehead atoms. The molecule has 3 rings (SSSR count). The summed E-state index contributed by atoms with van der Waals surface area (Å²) in [5.74, 6) is 2.29. The lowest BCUT2D eigenvalue weighted by Gasteiger charge is -2.26. The second-order valence-electron chi connectivity index (χ2n) is 8.26. The molecule has 0 spiro atoms. The molecule has 2 heteroatoms. The van der Waals surface area contributed by atoms with Gasteiger partial charge in [-0.15, -0.1) is 0 Å². The number of methoxy groups -OCH3 is 1. The molecular formula is C25H35NO. The molecule has 0 heterocycles. The molecule has 2 aromatic carbocycles. The van der Waals surface area contributed by atoms with Crippen LogP contribution in [0.4, 0.5) is 0 Å². The Hall–Kier alpha value is -1.80. The number of aryl methyl sites for hydroxylation is 3. The smallest absolute Gasteiger partial charge is 0.119 e. The average Bonchev–Trinajstić information content (AvgIpc) is 2.69. The van der Waals surface area contributed by atoms with Crippen LogP contribution < -0.4 is 10.5 Å². The molecule has 0 fully saturated rings. The Morgan fingerprint density at radius 1 is 1.15 bits per heavy atom. The van der Waals surface area contributed by atoms with Gasteiger partial charge < -0.3 is 10.5 Å². The standard InChI is InChI=1S/C25H35NO/c1-4-5-24(17-26)23-11-10-21-14-19(8-9-22(21)16-23)6-7-20-12-18(2)13-25(15-20)27-3/h10-13,15-16,19,24H,4-9,14,17,26H2,1-3H3. The second-order valence-corrected chi connectivity index (χ2v) is 8.26. The zero-order valence-electron chi connectivity index (χ0n) is 17.3. The Labute approximate surface area is 165 Å². The molecular weight excluding hydrogens is 330 g/mol. The van der Waals surface area contributed by atoms with E-state index in [2.05, 4.69) is 50.2 Å². The van der Waals surface area contributed by atoms with Gasteiger partial charge in [-0.1, -0.05) is 37.6 Å². The summed E-state index contributed by atoms with van der Waals surface area (Å²) in [5.41, 5.74) is 13.3. The van der Waals surface area contributed by atoms with E-state index in [1.165, 1.54) is 55.2 Å². The minimum absolute atomic E-state index is 0.523. The Morgan fingerprint density at radius 2 is 2.00 bits per heavy atom. The average molecular weight is 366 g/mol. The van der Waals surface area contributed by atoms with Crippen molar-refractivity contribution in [2.24, 2.45) is 11.7 Å². The zero-order valence-corrected chi connectivity index (χ0v) is 17.3. The highest BCUT2D eigenvalue weighted by Crippen LogP contribution is 2.32. The molecule has 2 nitrogen and oxygen atoms in total. The number of benzene rings is 2. The van der Waals surface area contributed by atoms with Gasteiger partial charge in [0.1, 0.15) is 5.75 Å². The van der Waals surface area contributed by atoms with Gasteiger partial charge in [-0.2, -0.15) is 0 Å². The van der Waals surface area contributed by atoms with E-state index < -0.39 is 0 Å². The van der Waals surface area contributed by atoms with Gasteiger partial charge in [-0.05, 0) is 104 Å². The monoisotopic (exact) mass is 365 g/mol. The molecule has 27 heavy (non-hydrogen) atoms. The van der Waals surface area contributed by atoms with Crippen molar-refractivity contribution in [2.45, 2.75) is 64.7 Å². The summed E-state index contributed by atoms with van der Waals surface area (Å²) in [6, 6.07) is 13.8. The predicted octanol–water partition coefficient (Wildman–Crippen LogP) is 5.58. The summed E-state index contributed by atoms with van der Waals surface area (Å²) < 4.78 is 5.42. The largest absolute Gasteiger partial charge is 0.497 e. The molecule has 0 saturated carbocycles. The molecule has 2 N–H and O–H groups in total. The van der Waals surface area contributed by atoms with Crippen LogP contribution in [-0.4, -0.2) is 13.7 Å². The van der Waals surface area contributed by atoms with Crippen LogP contribution in [0.3, 0.4) is 0 Å². The Morgan fingerprint density at radius 3 is 2.74 bits per heavy atom. The van der Waals surface area contributed by atoms with Crippen LogP contribution in [0, 0.1) is 12.8 Å². The van der Waals surface area contributed by atoms with E-state index in [1.54, 1.807) is 18.2 Å². The molecule has 2 unspecified atom stereocenters. The van der Waals surface area contributed by atoms with Gasteiger partial charge in [0.05, 0.1) is 7.11 Å². The zero-order chi connectivity index (χ0) is 19.2. The Bertz CT molecular complexity index is 752. The minimum atomic E-state index is 0.523. The molecule has 2 atom stereocenters. The lowest BCUT2D eigenvalue weighted by atomic mass is 9.79. The summed E-state index contributed by atoms with van der Waals surface area (Å²) in [6.07, 6.45) is 8.54. The van der Waals surface area contributed by atoms with Crippen molar-refractivity contribution >= 4 is 0 Å². The van der Waals surface area contributed by atoms with Gasteiger partial charge in [0.15, 0.2) is 0 Å². The van der Waals surface area contributed by atoms with Crippen LogP contribution in [0.5, 0.6) is 5.75 Å². The van der Waals surface area contributed by atoms with E-state index in [-0.39, 0.29) is 0 Å². The lowest BCUT2D eigenvalue weighted by Crippen LogP contribution is -2.17. The highest BCUT2D eigenvalue weighted by Gasteiger charge is 2.20. The molecule has 0 aromatic heterocycles. The number of fused-ring (bicyclic) bond motifs is 1. The normalized spacial score (nSPS) is 17.4. The number of rotatable bonds is 8. The summed E-state index contributed by atoms with van der Waals surface area (Å²) in [6.45, 7) is 5.15. The molecule has 0 saturated heterocycles. The summed E-state index contributed by atoms with van der Waals surface area (Å²) >= 11 is 0. The number of hydrogen-bond donors (Lipinski definition) is 1. The van der Waals surface area contributed by atoms with Crippen molar-refractivity contribution < 1.29 is 4.74 Å². The van der Waals surface area contributed by atoms with Crippen molar-refractivity contribution in [3.8, 4) is 5.75 Å². The SMILES string of the molecule is CCCC(CN)c1ccc2c(c1)CCC(CCc1cc(C)cc(OC)c1)C2. The number of ether oxygens (including phenoxy) is 1. The third-order valence-electron chi connectivity index (χ3n) is 6.14. The minimum Gasteiger partial charge on any atom is -0.497 e. The highest BCUT2D eigenvalue weighted by atomic mass is 16.5. The Kier molecular flexibility index (Phi) is 6.95. The summed E-state index contributed by atoms with van der Waals surface area (Å²) in [5, 5.41) is 0. The fourth-order valence-electron chi connectivity index (χ4n) is 4.58. The van der Waals surface area contributed by atoms with Gasteiger partial charge in [0, 0.05) is 0 Å². The third kappa shape index (κ3) is 5.13. The fraction of sp³-hybridized carbons (Fsp3) is 0.520. The van der Waals surface area contributed by atoms with Crippen LogP contribution in [0.25, 0.3) is 0 Å². The van der Waals surface area contributed by atoms with Crippen LogP contribution in [0.15, 0.2) is 36.4 Å². The van der Waals surface area contributed by atoms with Gasteiger partial charge in [-0.3, -0.25) is 0 Å². The van der Waals surface area contributed by atoms with E-state index in [1.807, 2.05) is 0 Å². The maximum absolute atomic E-state index is 6.01. The lowest BCUT2D eigenvalue weighted by molar-refractivity contribution is 0.411. The van der Waals surface area contributed by atoms with Crippen molar-refractivity contribution in [1.82, 2.24) is 0 Å². The first kappa shape index (κ1) is 19.9. The van der Waals surface area contributed by atoms with Crippen LogP contribution >= 0.6 is 0 Å². The topological polar surface area (TPSA) is 35.2 Å². The first-order valence-corrected chi connectivity index (χ1v) is 10.6. The Balaban J connectivity index is 1.62. The van der Waals surface area contributed by atoms with E-state index in [0.717, 1.165) is 24.6 Å². The molecule has 0 amide bonds. The number of hydrogen-bond acceptors (Lipinski definition) is 2. The molecule has 1 aliphatic rings. The summed E-state index contributed by atoms with van der Waals surface area (Å²) in [7, 11) is 1.75. The first-order chi connectivity index (χ1) is 13.1. The maximum atomic E-state index is 6.01. The molecule has 0 radical (unpaired) electrons. The predicted molar refractivity (Wildman–Crippen MR) is 115 cm³/mol. The van der Waals surface area contributed by atoms with Gasteiger partial charge in [0.2, 0.25) is 0 Å². The van der Waals surface area contributed by atoms with Gasteiger partial charge in [0.25, 0.3) is 0 Å². The third-order valence-corrected chi connectivity index (χ3v) is 6.14. The number of nitrogens with two attached hydrogens (primary N) is 1. The van der Waals surface area contributed by atoms with Crippen molar-refractivity contribution in [1.29, 1.82) is 0 Å². The van der Waals surface area contributed by atoms with Crippen molar-refractivity contribution in [3.05, 3.63) is 64.2 Å². The van der Waals surface area contributed by atoms with Crippen LogP contribution in [-0.2, 0) is 19.3 Å². The molecule has 146 valence electrons. The molecule has 1 aliphatic carbocycles. The summed E-state index contributed by atoms with van der Waals surface area (Å²) in [4.78, 5) is 0. The van der Waals surface area contributed by atoms with Crippen molar-refractivity contribution in [3.63, 3.8) is 0 Å². The first-order valence-electron chi connectivity index (χ1n) is 10.6.